The summed E-state index contributed by atoms with van der Waals surface area (Å²) >= 11 is 0. The lowest BCUT2D eigenvalue weighted by molar-refractivity contribution is -0.132. The Labute approximate surface area is 195 Å². The van der Waals surface area contributed by atoms with Crippen LogP contribution in [0, 0.1) is 6.92 Å². The summed E-state index contributed by atoms with van der Waals surface area (Å²) in [5.74, 6) is 0.825. The van der Waals surface area contributed by atoms with E-state index in [-0.39, 0.29) is 17.7 Å². The first-order chi connectivity index (χ1) is 16.1. The number of amides is 2. The van der Waals surface area contributed by atoms with Crippen molar-refractivity contribution in [1.82, 2.24) is 9.80 Å². The minimum absolute atomic E-state index is 0.0135. The lowest BCUT2D eigenvalue weighted by Crippen LogP contribution is -2.50. The minimum Gasteiger partial charge on any atom is -0.496 e. The van der Waals surface area contributed by atoms with Gasteiger partial charge in [-0.2, -0.15) is 0 Å². The molecule has 0 spiro atoms. The predicted octanol–water partition coefficient (Wildman–Crippen LogP) is 4.51. The smallest absolute Gasteiger partial charge is 0.254 e. The third-order valence-electron chi connectivity index (χ3n) is 6.36. The highest BCUT2D eigenvalue weighted by molar-refractivity contribution is 5.95. The van der Waals surface area contributed by atoms with Crippen LogP contribution in [0.3, 0.4) is 0 Å². The summed E-state index contributed by atoms with van der Waals surface area (Å²) in [6.07, 6.45) is 0.414. The maximum atomic E-state index is 13.2. The van der Waals surface area contributed by atoms with Crippen molar-refractivity contribution in [3.8, 4) is 5.75 Å². The molecule has 0 saturated carbocycles. The summed E-state index contributed by atoms with van der Waals surface area (Å²) in [6.45, 7) is 4.10. The molecule has 2 amide bonds. The lowest BCUT2D eigenvalue weighted by atomic mass is 9.88. The summed E-state index contributed by atoms with van der Waals surface area (Å²) in [4.78, 5) is 29.9. The highest BCUT2D eigenvalue weighted by Crippen LogP contribution is 2.29. The van der Waals surface area contributed by atoms with Crippen LogP contribution in [-0.4, -0.2) is 54.9 Å². The molecule has 0 atom stereocenters. The average Bonchev–Trinajstić information content (AvgIpc) is 2.88. The van der Waals surface area contributed by atoms with Crippen molar-refractivity contribution in [3.63, 3.8) is 0 Å². The van der Waals surface area contributed by atoms with Gasteiger partial charge in [-0.15, -0.1) is 0 Å². The Balaban J connectivity index is 1.41. The number of carbonyl (C=O) groups excluding carboxylic acids is 2. The van der Waals surface area contributed by atoms with Crippen LogP contribution in [0.25, 0.3) is 0 Å². The number of aryl methyl sites for hydroxylation is 1. The molecule has 0 radical (unpaired) electrons. The average molecular weight is 443 g/mol. The topological polar surface area (TPSA) is 49.9 Å². The van der Waals surface area contributed by atoms with Crippen LogP contribution in [-0.2, 0) is 4.79 Å². The molecule has 5 nitrogen and oxygen atoms in total. The molecule has 0 bridgehead atoms. The summed E-state index contributed by atoms with van der Waals surface area (Å²) in [5.41, 5.74) is 3.89. The second-order valence-electron chi connectivity index (χ2n) is 8.44. The van der Waals surface area contributed by atoms with Gasteiger partial charge in [-0.05, 0) is 35.7 Å². The zero-order chi connectivity index (χ0) is 23.2. The SMILES string of the molecule is COc1cc(C(=O)N2CCN(C(=O)CC(c3ccccc3)c3ccccc3)CC2)ccc1C. The molecule has 0 unspecified atom stereocenters. The summed E-state index contributed by atoms with van der Waals surface area (Å²) in [5, 5.41) is 0. The molecule has 0 aliphatic carbocycles. The molecule has 1 aliphatic rings. The highest BCUT2D eigenvalue weighted by Gasteiger charge is 2.27. The van der Waals surface area contributed by atoms with Crippen molar-refractivity contribution < 1.29 is 14.3 Å². The first-order valence-electron chi connectivity index (χ1n) is 11.4. The third kappa shape index (κ3) is 5.25. The number of hydrogen-bond acceptors (Lipinski definition) is 3. The van der Waals surface area contributed by atoms with Crippen LogP contribution in [0.4, 0.5) is 0 Å². The summed E-state index contributed by atoms with van der Waals surface area (Å²) in [7, 11) is 1.61. The molecule has 33 heavy (non-hydrogen) atoms. The fourth-order valence-corrected chi connectivity index (χ4v) is 4.40. The normalized spacial score (nSPS) is 13.8. The van der Waals surface area contributed by atoms with Crippen LogP contribution in [0.5, 0.6) is 5.75 Å². The first kappa shape index (κ1) is 22.6. The molecule has 1 aliphatic heterocycles. The van der Waals surface area contributed by atoms with E-state index in [0.717, 1.165) is 16.7 Å². The standard InChI is InChI=1S/C28H30N2O3/c1-21-13-14-24(19-26(21)33-2)28(32)30-17-15-29(16-18-30)27(31)20-25(22-9-5-3-6-10-22)23-11-7-4-8-12-23/h3-14,19,25H,15-18,20H2,1-2H3. The molecule has 3 aromatic carbocycles. The Bertz CT molecular complexity index is 1050. The van der Waals surface area contributed by atoms with Gasteiger partial charge >= 0.3 is 0 Å². The number of methoxy groups -OCH3 is 1. The van der Waals surface area contributed by atoms with Gasteiger partial charge in [-0.3, -0.25) is 9.59 Å². The quantitative estimate of drug-likeness (QED) is 0.564. The number of nitrogens with zero attached hydrogens (tertiary/aromatic N) is 2. The highest BCUT2D eigenvalue weighted by atomic mass is 16.5. The van der Waals surface area contributed by atoms with E-state index >= 15 is 0 Å². The van der Waals surface area contributed by atoms with Gasteiger partial charge in [0, 0.05) is 44.1 Å². The third-order valence-corrected chi connectivity index (χ3v) is 6.36. The van der Waals surface area contributed by atoms with E-state index in [1.54, 1.807) is 13.2 Å². The van der Waals surface area contributed by atoms with Crippen LogP contribution in [0.2, 0.25) is 0 Å². The minimum atomic E-state index is -0.0214. The van der Waals surface area contributed by atoms with Gasteiger partial charge in [-0.25, -0.2) is 0 Å². The number of benzene rings is 3. The molecule has 1 saturated heterocycles. The fraction of sp³-hybridized carbons (Fsp3) is 0.286. The molecule has 0 N–H and O–H groups in total. The van der Waals surface area contributed by atoms with E-state index in [9.17, 15) is 9.59 Å². The van der Waals surface area contributed by atoms with Crippen molar-refractivity contribution in [3.05, 3.63) is 101 Å². The van der Waals surface area contributed by atoms with E-state index < -0.39 is 0 Å². The number of ether oxygens (including phenoxy) is 1. The van der Waals surface area contributed by atoms with Crippen LogP contribution in [0.1, 0.15) is 39.4 Å². The number of hydrogen-bond donors (Lipinski definition) is 0. The Kier molecular flexibility index (Phi) is 7.08. The second-order valence-corrected chi connectivity index (χ2v) is 8.44. The van der Waals surface area contributed by atoms with E-state index in [1.807, 2.05) is 65.3 Å². The van der Waals surface area contributed by atoms with Crippen molar-refractivity contribution in [2.75, 3.05) is 33.3 Å². The largest absolute Gasteiger partial charge is 0.496 e. The Hall–Kier alpha value is -3.60. The Morgan fingerprint density at radius 2 is 1.36 bits per heavy atom. The fourth-order valence-electron chi connectivity index (χ4n) is 4.40. The molecule has 170 valence electrons. The van der Waals surface area contributed by atoms with E-state index in [1.165, 1.54) is 0 Å². The van der Waals surface area contributed by atoms with Crippen LogP contribution in [0.15, 0.2) is 78.9 Å². The maximum Gasteiger partial charge on any atom is 0.254 e. The molecule has 0 aromatic heterocycles. The van der Waals surface area contributed by atoms with Crippen LogP contribution >= 0.6 is 0 Å². The number of piperazine rings is 1. The van der Waals surface area contributed by atoms with Gasteiger partial charge in [0.15, 0.2) is 0 Å². The van der Waals surface area contributed by atoms with Crippen molar-refractivity contribution >= 4 is 11.8 Å². The van der Waals surface area contributed by atoms with Crippen LogP contribution < -0.4 is 4.74 Å². The van der Waals surface area contributed by atoms with E-state index in [2.05, 4.69) is 24.3 Å². The van der Waals surface area contributed by atoms with Gasteiger partial charge in [0.2, 0.25) is 5.91 Å². The summed E-state index contributed by atoms with van der Waals surface area (Å²) in [6, 6.07) is 25.9. The van der Waals surface area contributed by atoms with Gasteiger partial charge in [0.05, 0.1) is 7.11 Å². The van der Waals surface area contributed by atoms with Gasteiger partial charge < -0.3 is 14.5 Å². The first-order valence-corrected chi connectivity index (χ1v) is 11.4. The maximum absolute atomic E-state index is 13.2. The van der Waals surface area contributed by atoms with E-state index in [4.69, 9.17) is 4.74 Å². The predicted molar refractivity (Wildman–Crippen MR) is 130 cm³/mol. The van der Waals surface area contributed by atoms with E-state index in [0.29, 0.717) is 43.9 Å². The Morgan fingerprint density at radius 3 is 1.91 bits per heavy atom. The number of rotatable bonds is 6. The molecule has 3 aromatic rings. The zero-order valence-corrected chi connectivity index (χ0v) is 19.2. The van der Waals surface area contributed by atoms with Crippen molar-refractivity contribution in [2.45, 2.75) is 19.3 Å². The monoisotopic (exact) mass is 442 g/mol. The van der Waals surface area contributed by atoms with Crippen molar-refractivity contribution in [1.29, 1.82) is 0 Å². The van der Waals surface area contributed by atoms with Gasteiger partial charge in [-0.1, -0.05) is 66.7 Å². The van der Waals surface area contributed by atoms with Crippen molar-refractivity contribution in [2.24, 2.45) is 0 Å². The molecular formula is C28H30N2O3. The molecule has 1 fully saturated rings. The molecule has 5 heteroatoms. The summed E-state index contributed by atoms with van der Waals surface area (Å²) < 4.78 is 5.36. The van der Waals surface area contributed by atoms with Gasteiger partial charge in [0.25, 0.3) is 5.91 Å². The molecular weight excluding hydrogens is 412 g/mol. The van der Waals surface area contributed by atoms with Gasteiger partial charge in [0.1, 0.15) is 5.75 Å². The lowest BCUT2D eigenvalue weighted by Gasteiger charge is -2.35. The number of carbonyl (C=O) groups is 2. The second kappa shape index (κ2) is 10.3. The Morgan fingerprint density at radius 1 is 0.818 bits per heavy atom. The molecule has 1 heterocycles. The zero-order valence-electron chi connectivity index (χ0n) is 19.2. The molecule has 4 rings (SSSR count).